The molecule has 2 aliphatic carbocycles. The van der Waals surface area contributed by atoms with E-state index in [0.717, 1.165) is 5.92 Å². The zero-order valence-electron chi connectivity index (χ0n) is 17.4. The molecule has 0 spiro atoms. The molecule has 2 aromatic rings. The van der Waals surface area contributed by atoms with Gasteiger partial charge in [-0.2, -0.15) is 10.2 Å². The molecule has 0 bridgehead atoms. The second-order valence-corrected chi connectivity index (χ2v) is 10.3. The van der Waals surface area contributed by atoms with Gasteiger partial charge in [-0.3, -0.25) is 10.2 Å². The highest BCUT2D eigenvalue weighted by molar-refractivity contribution is 5.26. The number of nitrogens with one attached hydrogen (secondary N) is 2. The lowest BCUT2D eigenvalue weighted by Crippen LogP contribution is -2.26. The number of hydrogen-bond acceptors (Lipinski definition) is 2. The Balaban J connectivity index is 0.000000151. The highest BCUT2D eigenvalue weighted by atomic mass is 15.1. The van der Waals surface area contributed by atoms with Gasteiger partial charge in [-0.1, -0.05) is 41.5 Å². The molecule has 0 radical (unpaired) electrons. The van der Waals surface area contributed by atoms with E-state index >= 15 is 0 Å². The molecule has 4 heteroatoms. The molecule has 0 aliphatic heterocycles. The summed E-state index contributed by atoms with van der Waals surface area (Å²) in [5.41, 5.74) is 6.44. The van der Waals surface area contributed by atoms with E-state index in [9.17, 15) is 0 Å². The molecule has 4 nitrogen and oxygen atoms in total. The van der Waals surface area contributed by atoms with E-state index in [1.54, 1.807) is 0 Å². The van der Waals surface area contributed by atoms with Crippen molar-refractivity contribution in [3.63, 3.8) is 0 Å². The van der Waals surface area contributed by atoms with Gasteiger partial charge in [0.1, 0.15) is 0 Å². The molecule has 4 rings (SSSR count). The van der Waals surface area contributed by atoms with E-state index in [-0.39, 0.29) is 0 Å². The van der Waals surface area contributed by atoms with Gasteiger partial charge in [0.05, 0.1) is 12.4 Å². The van der Waals surface area contributed by atoms with Crippen molar-refractivity contribution in [1.82, 2.24) is 20.4 Å². The van der Waals surface area contributed by atoms with Gasteiger partial charge in [0.2, 0.25) is 0 Å². The number of aryl methyl sites for hydroxylation is 2. The molecule has 2 heterocycles. The fraction of sp³-hybridized carbons (Fsp3) is 0.727. The number of fused-ring (bicyclic) bond motifs is 2. The van der Waals surface area contributed by atoms with Gasteiger partial charge < -0.3 is 0 Å². The molecule has 0 fully saturated rings. The number of aromatic amines is 2. The van der Waals surface area contributed by atoms with Gasteiger partial charge in [0, 0.05) is 11.4 Å². The van der Waals surface area contributed by atoms with Crippen LogP contribution < -0.4 is 0 Å². The van der Waals surface area contributed by atoms with Crippen LogP contribution in [0.15, 0.2) is 12.4 Å². The highest BCUT2D eigenvalue weighted by Crippen LogP contribution is 2.42. The van der Waals surface area contributed by atoms with Crippen molar-refractivity contribution in [3.8, 4) is 0 Å². The molecule has 0 saturated heterocycles. The molecule has 2 atom stereocenters. The first-order chi connectivity index (χ1) is 12.2. The number of H-pyrrole nitrogens is 2. The lowest BCUT2D eigenvalue weighted by molar-refractivity contribution is 0.215. The topological polar surface area (TPSA) is 57.4 Å². The van der Waals surface area contributed by atoms with Crippen molar-refractivity contribution in [2.75, 3.05) is 0 Å². The number of hydrogen-bond donors (Lipinski definition) is 2. The Kier molecular flexibility index (Phi) is 5.32. The first-order valence-corrected chi connectivity index (χ1v) is 10.2. The maximum atomic E-state index is 4.14. The summed E-state index contributed by atoms with van der Waals surface area (Å²) in [5, 5.41) is 14.4. The lowest BCUT2D eigenvalue weighted by atomic mass is 9.71. The van der Waals surface area contributed by atoms with Gasteiger partial charge in [-0.25, -0.2) is 0 Å². The minimum absolute atomic E-state index is 0.374. The molecule has 0 amide bonds. The SMILES string of the molecule is CC(C)(C)C1CCCc2[nH]ncc21.CC(C)(C)C1CCc2[nH]ncc2C1. The van der Waals surface area contributed by atoms with Crippen LogP contribution in [-0.4, -0.2) is 20.4 Å². The quantitative estimate of drug-likeness (QED) is 0.660. The van der Waals surface area contributed by atoms with Crippen molar-refractivity contribution in [1.29, 1.82) is 0 Å². The first-order valence-electron chi connectivity index (χ1n) is 10.2. The fourth-order valence-electron chi connectivity index (χ4n) is 4.52. The van der Waals surface area contributed by atoms with Crippen molar-refractivity contribution in [3.05, 3.63) is 34.9 Å². The third kappa shape index (κ3) is 4.21. The van der Waals surface area contributed by atoms with E-state index in [1.165, 1.54) is 61.0 Å². The summed E-state index contributed by atoms with van der Waals surface area (Å²) in [6.45, 7) is 14.0. The van der Waals surface area contributed by atoms with Gasteiger partial charge in [-0.15, -0.1) is 0 Å². The third-order valence-electron chi connectivity index (χ3n) is 6.33. The zero-order chi connectivity index (χ0) is 18.9. The normalized spacial score (nSPS) is 22.8. The molecule has 2 N–H and O–H groups in total. The van der Waals surface area contributed by atoms with Crippen LogP contribution in [0.5, 0.6) is 0 Å². The molecule has 0 aromatic carbocycles. The molecular formula is C22H36N4. The Morgan fingerprint density at radius 1 is 0.846 bits per heavy atom. The van der Waals surface area contributed by atoms with Crippen LogP contribution in [0.4, 0.5) is 0 Å². The zero-order valence-corrected chi connectivity index (χ0v) is 17.4. The maximum absolute atomic E-state index is 4.14. The van der Waals surface area contributed by atoms with Gasteiger partial charge >= 0.3 is 0 Å². The van der Waals surface area contributed by atoms with Crippen molar-refractivity contribution in [2.24, 2.45) is 16.7 Å². The first kappa shape index (κ1) is 19.2. The number of nitrogens with zero attached hydrogens (tertiary/aromatic N) is 2. The Morgan fingerprint density at radius 2 is 1.54 bits per heavy atom. The van der Waals surface area contributed by atoms with E-state index in [1.807, 2.05) is 12.4 Å². The Bertz CT molecular complexity index is 711. The van der Waals surface area contributed by atoms with E-state index < -0.39 is 0 Å². The molecule has 2 aliphatic rings. The molecule has 144 valence electrons. The third-order valence-corrected chi connectivity index (χ3v) is 6.33. The predicted octanol–water partition coefficient (Wildman–Crippen LogP) is 5.44. The summed E-state index contributed by atoms with van der Waals surface area (Å²) in [4.78, 5) is 0. The van der Waals surface area contributed by atoms with E-state index in [4.69, 9.17) is 0 Å². The van der Waals surface area contributed by atoms with Crippen LogP contribution in [0, 0.1) is 16.7 Å². The number of aromatic nitrogens is 4. The van der Waals surface area contributed by atoms with Crippen LogP contribution in [0.1, 0.15) is 89.2 Å². The minimum Gasteiger partial charge on any atom is -0.282 e. The second-order valence-electron chi connectivity index (χ2n) is 10.3. The summed E-state index contributed by atoms with van der Waals surface area (Å²) in [7, 11) is 0. The Hall–Kier alpha value is -1.58. The predicted molar refractivity (Wildman–Crippen MR) is 107 cm³/mol. The summed E-state index contributed by atoms with van der Waals surface area (Å²) in [6.07, 6.45) is 11.5. The smallest absolute Gasteiger partial charge is 0.0525 e. The van der Waals surface area contributed by atoms with Crippen molar-refractivity contribution < 1.29 is 0 Å². The monoisotopic (exact) mass is 356 g/mol. The van der Waals surface area contributed by atoms with Crippen LogP contribution in [0.3, 0.4) is 0 Å². The minimum atomic E-state index is 0.374. The van der Waals surface area contributed by atoms with E-state index in [2.05, 4.69) is 61.9 Å². The van der Waals surface area contributed by atoms with Gasteiger partial charge in [-0.05, 0) is 72.3 Å². The summed E-state index contributed by atoms with van der Waals surface area (Å²) >= 11 is 0. The maximum Gasteiger partial charge on any atom is 0.0525 e. The Labute approximate surface area is 158 Å². The van der Waals surface area contributed by atoms with Crippen LogP contribution in [0.2, 0.25) is 0 Å². The van der Waals surface area contributed by atoms with E-state index in [0.29, 0.717) is 16.7 Å². The average molecular weight is 357 g/mol. The largest absolute Gasteiger partial charge is 0.282 e. The molecule has 0 saturated carbocycles. The van der Waals surface area contributed by atoms with Crippen molar-refractivity contribution in [2.45, 2.75) is 86.0 Å². The molecule has 2 aromatic heterocycles. The van der Waals surface area contributed by atoms with Crippen LogP contribution in [0.25, 0.3) is 0 Å². The summed E-state index contributed by atoms with van der Waals surface area (Å²) < 4.78 is 0. The lowest BCUT2D eigenvalue weighted by Gasteiger charge is -2.33. The molecule has 26 heavy (non-hydrogen) atoms. The summed E-state index contributed by atoms with van der Waals surface area (Å²) in [6, 6.07) is 0. The van der Waals surface area contributed by atoms with Gasteiger partial charge in [0.15, 0.2) is 0 Å². The second kappa shape index (κ2) is 7.21. The van der Waals surface area contributed by atoms with Crippen LogP contribution >= 0.6 is 0 Å². The number of rotatable bonds is 0. The van der Waals surface area contributed by atoms with Crippen molar-refractivity contribution >= 4 is 0 Å². The van der Waals surface area contributed by atoms with Gasteiger partial charge in [0.25, 0.3) is 0 Å². The highest BCUT2D eigenvalue weighted by Gasteiger charge is 2.31. The standard InChI is InChI=1S/2C11H18N2/c1-11(2,3)9-4-5-10-8(6-9)7-12-13-10;1-11(2,3)9-5-4-6-10-8(9)7-12-13-10/h2*7,9H,4-6H2,1-3H3,(H,12,13). The molecular weight excluding hydrogens is 320 g/mol. The summed E-state index contributed by atoms with van der Waals surface area (Å²) in [5.74, 6) is 1.51. The molecule has 2 unspecified atom stereocenters. The fourth-order valence-corrected chi connectivity index (χ4v) is 4.52. The Morgan fingerprint density at radius 3 is 2.23 bits per heavy atom. The van der Waals surface area contributed by atoms with Crippen LogP contribution in [-0.2, 0) is 19.3 Å². The average Bonchev–Trinajstić information content (AvgIpc) is 3.21.